The number of nitrogens with one attached hydrogen (secondary N) is 2. The molecule has 2 aromatic rings. The maximum atomic E-state index is 13.7. The molecule has 5 saturated carbocycles. The first-order valence-corrected chi connectivity index (χ1v) is 17.6. The van der Waals surface area contributed by atoms with Crippen LogP contribution < -0.4 is 19.5 Å². The molecule has 240 valence electrons. The number of ether oxygens (including phenoxy) is 2. The van der Waals surface area contributed by atoms with Gasteiger partial charge in [-0.05, 0) is 105 Å². The van der Waals surface area contributed by atoms with Crippen molar-refractivity contribution >= 4 is 21.9 Å². The van der Waals surface area contributed by atoms with E-state index in [1.807, 2.05) is 0 Å². The fraction of sp³-hybridized carbons (Fsp3) is 0.656. The van der Waals surface area contributed by atoms with Crippen LogP contribution in [0.1, 0.15) is 80.1 Å². The first-order valence-electron chi connectivity index (χ1n) is 16.1. The summed E-state index contributed by atoms with van der Waals surface area (Å²) in [4.78, 5) is 24.5. The Balaban J connectivity index is 1.12. The van der Waals surface area contributed by atoms with Gasteiger partial charge in [-0.15, -0.1) is 0 Å². The van der Waals surface area contributed by atoms with Crippen molar-refractivity contribution in [3.05, 3.63) is 35.5 Å². The molecule has 0 radical (unpaired) electrons. The van der Waals surface area contributed by atoms with Crippen LogP contribution in [0.15, 0.2) is 29.3 Å². The average molecular weight is 629 g/mol. The average Bonchev–Trinajstić information content (AvgIpc) is 3.39. The Hall–Kier alpha value is -3.12. The summed E-state index contributed by atoms with van der Waals surface area (Å²) >= 11 is 0. The number of sulfonamides is 1. The zero-order valence-electron chi connectivity index (χ0n) is 25.4. The van der Waals surface area contributed by atoms with Crippen LogP contribution >= 0.6 is 0 Å². The monoisotopic (exact) mass is 628 g/mol. The molecule has 44 heavy (non-hydrogen) atoms. The lowest BCUT2D eigenvalue weighted by Gasteiger charge is -2.54. The largest absolute Gasteiger partial charge is 0.482 e. The van der Waals surface area contributed by atoms with Gasteiger partial charge in [0.05, 0.1) is 24.2 Å². The molecule has 5 aliphatic carbocycles. The van der Waals surface area contributed by atoms with Gasteiger partial charge in [0.1, 0.15) is 11.3 Å². The van der Waals surface area contributed by atoms with Crippen molar-refractivity contribution in [2.24, 2.45) is 29.6 Å². The number of carboxylic acids is 1. The second-order valence-electron chi connectivity index (χ2n) is 13.3. The Bertz CT molecular complexity index is 1440. The van der Waals surface area contributed by atoms with E-state index in [0.29, 0.717) is 47.1 Å². The van der Waals surface area contributed by atoms with E-state index in [2.05, 4.69) is 15.1 Å². The molecule has 5 fully saturated rings. The molecule has 1 heterocycles. The van der Waals surface area contributed by atoms with Crippen LogP contribution in [-0.4, -0.2) is 61.0 Å². The number of aryl methyl sites for hydroxylation is 1. The topological polar surface area (TPSA) is 149 Å². The molecule has 4 bridgehead atoms. The third kappa shape index (κ3) is 6.91. The van der Waals surface area contributed by atoms with E-state index in [4.69, 9.17) is 14.6 Å². The van der Waals surface area contributed by atoms with Crippen molar-refractivity contribution in [3.8, 4) is 11.6 Å². The van der Waals surface area contributed by atoms with Gasteiger partial charge in [0.15, 0.2) is 6.61 Å². The third-order valence-corrected chi connectivity index (χ3v) is 11.6. The number of carbonyl (C=O) groups excluding carboxylic acids is 1. The standard InChI is InChI=1S/C32H44N4O7S/c1-20-11-26(7-8-28(20)42-19-29(37)38)44(40,41)34-9-10-36-32(43-18-21-5-3-2-4-6-21)27(17-33-36)31(39)35-30-24-13-22-12-23(15-24)16-25(30)14-22/h7-8,11,17,21-25,30,34H,2-6,9-10,12-16,18-19H2,1H3,(H,35,39)(H,37,38). The number of aliphatic carboxylic acids is 1. The number of rotatable bonds is 13. The molecule has 0 saturated heterocycles. The van der Waals surface area contributed by atoms with Crippen molar-refractivity contribution in [2.45, 2.75) is 88.6 Å². The number of nitrogens with zero attached hydrogens (tertiary/aromatic N) is 2. The number of aromatic nitrogens is 2. The lowest BCUT2D eigenvalue weighted by Crippen LogP contribution is -2.55. The van der Waals surface area contributed by atoms with Gasteiger partial charge >= 0.3 is 5.97 Å². The van der Waals surface area contributed by atoms with Crippen LogP contribution in [-0.2, 0) is 21.4 Å². The molecule has 1 aromatic carbocycles. The van der Waals surface area contributed by atoms with Crippen LogP contribution in [0.5, 0.6) is 11.6 Å². The first-order chi connectivity index (χ1) is 21.2. The van der Waals surface area contributed by atoms with Gasteiger partial charge in [-0.3, -0.25) is 4.79 Å². The maximum absolute atomic E-state index is 13.7. The highest BCUT2D eigenvalue weighted by atomic mass is 32.2. The maximum Gasteiger partial charge on any atom is 0.341 e. The van der Waals surface area contributed by atoms with E-state index in [9.17, 15) is 18.0 Å². The lowest BCUT2D eigenvalue weighted by molar-refractivity contribution is -0.139. The van der Waals surface area contributed by atoms with Crippen LogP contribution in [0.4, 0.5) is 0 Å². The van der Waals surface area contributed by atoms with Crippen molar-refractivity contribution < 1.29 is 32.6 Å². The van der Waals surface area contributed by atoms with Gasteiger partial charge in [0, 0.05) is 12.6 Å². The molecule has 7 rings (SSSR count). The summed E-state index contributed by atoms with van der Waals surface area (Å²) in [6.07, 6.45) is 13.5. The molecule has 11 nitrogen and oxygen atoms in total. The highest BCUT2D eigenvalue weighted by molar-refractivity contribution is 7.89. The van der Waals surface area contributed by atoms with E-state index in [0.717, 1.165) is 24.7 Å². The van der Waals surface area contributed by atoms with E-state index in [1.54, 1.807) is 17.8 Å². The normalized spacial score (nSPS) is 26.4. The fourth-order valence-electron chi connectivity index (χ4n) is 8.24. The van der Waals surface area contributed by atoms with E-state index < -0.39 is 22.6 Å². The molecule has 0 spiro atoms. The Morgan fingerprint density at radius 3 is 2.39 bits per heavy atom. The summed E-state index contributed by atoms with van der Waals surface area (Å²) in [5.74, 6) is 2.59. The van der Waals surface area contributed by atoms with Gasteiger partial charge in [-0.2, -0.15) is 5.10 Å². The third-order valence-electron chi connectivity index (χ3n) is 10.2. The zero-order chi connectivity index (χ0) is 30.8. The van der Waals surface area contributed by atoms with Gasteiger partial charge in [0.2, 0.25) is 15.9 Å². The predicted molar refractivity (Wildman–Crippen MR) is 162 cm³/mol. The SMILES string of the molecule is Cc1cc(S(=O)(=O)NCCn2ncc(C(=O)NC3C4CC5CC(C4)CC3C5)c2OCC2CCCCC2)ccc1OCC(=O)O. The first kappa shape index (κ1) is 30.9. The summed E-state index contributed by atoms with van der Waals surface area (Å²) < 4.78 is 41.8. The van der Waals surface area contributed by atoms with Crippen molar-refractivity contribution in [1.82, 2.24) is 19.8 Å². The minimum atomic E-state index is -3.86. The molecule has 0 atom stereocenters. The minimum Gasteiger partial charge on any atom is -0.482 e. The van der Waals surface area contributed by atoms with Crippen LogP contribution in [0, 0.1) is 36.5 Å². The van der Waals surface area contributed by atoms with Crippen molar-refractivity contribution in [1.29, 1.82) is 0 Å². The summed E-state index contributed by atoms with van der Waals surface area (Å²) in [7, 11) is -3.86. The zero-order valence-corrected chi connectivity index (χ0v) is 26.2. The van der Waals surface area contributed by atoms with Gasteiger partial charge < -0.3 is 19.9 Å². The molecular formula is C32H44N4O7S. The Morgan fingerprint density at radius 1 is 1.02 bits per heavy atom. The Kier molecular flexibility index (Phi) is 9.18. The number of hydrogen-bond acceptors (Lipinski definition) is 7. The summed E-state index contributed by atoms with van der Waals surface area (Å²) in [6.45, 7) is 1.88. The number of amides is 1. The van der Waals surface area contributed by atoms with E-state index >= 15 is 0 Å². The molecular weight excluding hydrogens is 584 g/mol. The lowest BCUT2D eigenvalue weighted by atomic mass is 9.54. The van der Waals surface area contributed by atoms with Gasteiger partial charge in [0.25, 0.3) is 5.91 Å². The minimum absolute atomic E-state index is 0.0384. The summed E-state index contributed by atoms with van der Waals surface area (Å²) in [5, 5.41) is 16.7. The molecule has 1 aromatic heterocycles. The van der Waals surface area contributed by atoms with Crippen LogP contribution in [0.3, 0.4) is 0 Å². The van der Waals surface area contributed by atoms with Gasteiger partial charge in [-0.1, -0.05) is 19.3 Å². The highest BCUT2D eigenvalue weighted by Gasteiger charge is 2.48. The quantitative estimate of drug-likeness (QED) is 0.300. The summed E-state index contributed by atoms with van der Waals surface area (Å²) in [5.41, 5.74) is 0.916. The Labute approximate surface area is 259 Å². The second kappa shape index (κ2) is 13.1. The highest BCUT2D eigenvalue weighted by Crippen LogP contribution is 2.53. The smallest absolute Gasteiger partial charge is 0.341 e. The number of hydrogen-bond donors (Lipinski definition) is 3. The van der Waals surface area contributed by atoms with Crippen molar-refractivity contribution in [3.63, 3.8) is 0 Å². The van der Waals surface area contributed by atoms with E-state index in [-0.39, 0.29) is 29.9 Å². The molecule has 1 amide bonds. The fourth-order valence-corrected chi connectivity index (χ4v) is 9.35. The second-order valence-corrected chi connectivity index (χ2v) is 15.1. The molecule has 0 unspecified atom stereocenters. The predicted octanol–water partition coefficient (Wildman–Crippen LogP) is 4.15. The molecule has 0 aliphatic heterocycles. The van der Waals surface area contributed by atoms with E-state index in [1.165, 1.54) is 69.6 Å². The molecule has 5 aliphatic rings. The number of benzene rings is 1. The van der Waals surface area contributed by atoms with Crippen LogP contribution in [0.25, 0.3) is 0 Å². The van der Waals surface area contributed by atoms with Crippen molar-refractivity contribution in [2.75, 3.05) is 19.8 Å². The van der Waals surface area contributed by atoms with Crippen LogP contribution in [0.2, 0.25) is 0 Å². The number of carboxylic acid groups (broad SMARTS) is 1. The number of carbonyl (C=O) groups is 2. The molecule has 3 N–H and O–H groups in total. The van der Waals surface area contributed by atoms with Gasteiger partial charge in [-0.25, -0.2) is 22.6 Å². The Morgan fingerprint density at radius 2 is 1.73 bits per heavy atom. The summed E-state index contributed by atoms with van der Waals surface area (Å²) in [6, 6.07) is 4.47. The molecule has 12 heteroatoms.